The van der Waals surface area contributed by atoms with E-state index in [9.17, 15) is 4.79 Å². The van der Waals surface area contributed by atoms with E-state index in [2.05, 4.69) is 5.32 Å². The normalized spacial score (nSPS) is 18.6. The first-order chi connectivity index (χ1) is 8.72. The second-order valence-corrected chi connectivity index (χ2v) is 5.68. The number of nitrogens with one attached hydrogen (secondary N) is 1. The van der Waals surface area contributed by atoms with Gasteiger partial charge in [-0.3, -0.25) is 4.79 Å². The zero-order chi connectivity index (χ0) is 13.0. The highest BCUT2D eigenvalue weighted by Crippen LogP contribution is 2.26. The number of anilines is 1. The van der Waals surface area contributed by atoms with Crippen molar-refractivity contribution < 1.29 is 9.53 Å². The smallest absolute Gasteiger partial charge is 0.257 e. The average Bonchev–Trinajstić information content (AvgIpc) is 2.88. The van der Waals surface area contributed by atoms with Crippen molar-refractivity contribution in [1.82, 2.24) is 5.32 Å². The lowest BCUT2D eigenvalue weighted by atomic mass is 10.1. The molecule has 0 saturated carbocycles. The summed E-state index contributed by atoms with van der Waals surface area (Å²) in [7, 11) is 1.54. The van der Waals surface area contributed by atoms with Gasteiger partial charge in [-0.05, 0) is 30.7 Å². The molecule has 1 fully saturated rings. The highest BCUT2D eigenvalue weighted by molar-refractivity contribution is 8.00. The second kappa shape index (κ2) is 6.00. The summed E-state index contributed by atoms with van der Waals surface area (Å²) in [6.45, 7) is 0.695. The van der Waals surface area contributed by atoms with E-state index in [4.69, 9.17) is 10.5 Å². The Morgan fingerprint density at radius 2 is 2.44 bits per heavy atom. The van der Waals surface area contributed by atoms with Gasteiger partial charge in [0.1, 0.15) is 11.3 Å². The molecule has 1 atom stereocenters. The molecule has 1 unspecified atom stereocenters. The lowest BCUT2D eigenvalue weighted by Gasteiger charge is -2.13. The zero-order valence-electron chi connectivity index (χ0n) is 10.4. The fraction of sp³-hybridized carbons (Fsp3) is 0.462. The number of methoxy groups -OCH3 is 1. The lowest BCUT2D eigenvalue weighted by molar-refractivity contribution is 0.0951. The molecule has 2 rings (SSSR count). The molecule has 0 aliphatic carbocycles. The summed E-state index contributed by atoms with van der Waals surface area (Å²) in [4.78, 5) is 12.1. The van der Waals surface area contributed by atoms with Gasteiger partial charge in [0.05, 0.1) is 7.11 Å². The minimum atomic E-state index is -0.155. The van der Waals surface area contributed by atoms with Crippen molar-refractivity contribution in [3.05, 3.63) is 23.8 Å². The third-order valence-electron chi connectivity index (χ3n) is 3.02. The highest BCUT2D eigenvalue weighted by atomic mass is 32.2. The summed E-state index contributed by atoms with van der Waals surface area (Å²) in [6.07, 6.45) is 2.41. The maximum Gasteiger partial charge on any atom is 0.257 e. The molecule has 0 bridgehead atoms. The number of carbonyl (C=O) groups is 1. The van der Waals surface area contributed by atoms with E-state index in [0.29, 0.717) is 28.8 Å². The van der Waals surface area contributed by atoms with Crippen molar-refractivity contribution in [2.75, 3.05) is 25.1 Å². The van der Waals surface area contributed by atoms with E-state index in [1.807, 2.05) is 11.8 Å². The fourth-order valence-corrected chi connectivity index (χ4v) is 3.26. The predicted octanol–water partition coefficient (Wildman–Crippen LogP) is 1.90. The third-order valence-corrected chi connectivity index (χ3v) is 4.42. The van der Waals surface area contributed by atoms with Crippen LogP contribution in [-0.4, -0.2) is 30.6 Å². The first-order valence-corrected chi connectivity index (χ1v) is 7.09. The molecule has 1 saturated heterocycles. The number of nitrogen functional groups attached to an aromatic ring is 1. The molecule has 5 heteroatoms. The minimum absolute atomic E-state index is 0.155. The van der Waals surface area contributed by atoms with Gasteiger partial charge in [0.15, 0.2) is 0 Å². The van der Waals surface area contributed by atoms with Crippen molar-refractivity contribution in [3.8, 4) is 5.75 Å². The molecule has 98 valence electrons. The molecular weight excluding hydrogens is 248 g/mol. The van der Waals surface area contributed by atoms with Crippen LogP contribution < -0.4 is 15.8 Å². The maximum atomic E-state index is 12.1. The van der Waals surface area contributed by atoms with Gasteiger partial charge in [-0.1, -0.05) is 6.07 Å². The van der Waals surface area contributed by atoms with Crippen LogP contribution in [-0.2, 0) is 0 Å². The number of nitrogens with two attached hydrogens (primary N) is 1. The number of carbonyl (C=O) groups excluding carboxylic acids is 1. The van der Waals surface area contributed by atoms with Crippen LogP contribution >= 0.6 is 11.8 Å². The lowest BCUT2D eigenvalue weighted by Crippen LogP contribution is -2.30. The van der Waals surface area contributed by atoms with Crippen LogP contribution in [0.3, 0.4) is 0 Å². The molecule has 1 amide bonds. The molecule has 1 heterocycles. The number of amides is 1. The Labute approximate surface area is 111 Å². The fourth-order valence-electron chi connectivity index (χ4n) is 2.06. The third kappa shape index (κ3) is 2.90. The maximum absolute atomic E-state index is 12.1. The summed E-state index contributed by atoms with van der Waals surface area (Å²) in [5.41, 5.74) is 6.72. The van der Waals surface area contributed by atoms with Crippen molar-refractivity contribution in [1.29, 1.82) is 0 Å². The zero-order valence-corrected chi connectivity index (χ0v) is 11.3. The quantitative estimate of drug-likeness (QED) is 0.817. The van der Waals surface area contributed by atoms with Gasteiger partial charge in [-0.25, -0.2) is 0 Å². The molecule has 1 aliphatic rings. The second-order valence-electron chi connectivity index (χ2n) is 4.27. The van der Waals surface area contributed by atoms with E-state index >= 15 is 0 Å². The van der Waals surface area contributed by atoms with Crippen LogP contribution in [0.5, 0.6) is 5.75 Å². The van der Waals surface area contributed by atoms with Gasteiger partial charge in [0.2, 0.25) is 0 Å². The summed E-state index contributed by atoms with van der Waals surface area (Å²) in [6, 6.07) is 5.23. The van der Waals surface area contributed by atoms with Crippen LogP contribution in [0.25, 0.3) is 0 Å². The Morgan fingerprint density at radius 1 is 1.61 bits per heavy atom. The van der Waals surface area contributed by atoms with Crippen LogP contribution in [0.2, 0.25) is 0 Å². The van der Waals surface area contributed by atoms with Crippen LogP contribution in [0.4, 0.5) is 5.69 Å². The number of thioether (sulfide) groups is 1. The first kappa shape index (κ1) is 13.1. The average molecular weight is 266 g/mol. The van der Waals surface area contributed by atoms with Gasteiger partial charge >= 0.3 is 0 Å². The van der Waals surface area contributed by atoms with E-state index < -0.39 is 0 Å². The molecule has 0 aromatic heterocycles. The molecule has 1 aromatic rings. The van der Waals surface area contributed by atoms with E-state index in [-0.39, 0.29) is 5.91 Å². The van der Waals surface area contributed by atoms with Crippen LogP contribution in [0.15, 0.2) is 18.2 Å². The minimum Gasteiger partial charge on any atom is -0.496 e. The van der Waals surface area contributed by atoms with Crippen molar-refractivity contribution in [2.24, 2.45) is 0 Å². The SMILES string of the molecule is COc1cccc(N)c1C(=O)NCC1CCCS1. The number of hydrogen-bond acceptors (Lipinski definition) is 4. The van der Waals surface area contributed by atoms with Gasteiger partial charge in [-0.2, -0.15) is 11.8 Å². The number of hydrogen-bond donors (Lipinski definition) is 2. The standard InChI is InChI=1S/C13H18N2O2S/c1-17-11-6-2-5-10(14)12(11)13(16)15-8-9-4-3-7-18-9/h2,5-6,9H,3-4,7-8,14H2,1H3,(H,15,16). The Kier molecular flexibility index (Phi) is 4.36. The molecule has 0 radical (unpaired) electrons. The van der Waals surface area contributed by atoms with Crippen LogP contribution in [0, 0.1) is 0 Å². The van der Waals surface area contributed by atoms with Gasteiger partial charge in [-0.15, -0.1) is 0 Å². The Bertz CT molecular complexity index is 431. The van der Waals surface area contributed by atoms with E-state index in [1.165, 1.54) is 18.6 Å². The van der Waals surface area contributed by atoms with Crippen molar-refractivity contribution >= 4 is 23.4 Å². The van der Waals surface area contributed by atoms with Crippen molar-refractivity contribution in [3.63, 3.8) is 0 Å². The monoisotopic (exact) mass is 266 g/mol. The number of rotatable bonds is 4. The van der Waals surface area contributed by atoms with Gasteiger partial charge in [0, 0.05) is 17.5 Å². The first-order valence-electron chi connectivity index (χ1n) is 6.04. The molecular formula is C13H18N2O2S. The number of benzene rings is 1. The predicted molar refractivity (Wildman–Crippen MR) is 75.2 cm³/mol. The van der Waals surface area contributed by atoms with Gasteiger partial charge in [0.25, 0.3) is 5.91 Å². The summed E-state index contributed by atoms with van der Waals surface area (Å²) in [5.74, 6) is 1.56. The van der Waals surface area contributed by atoms with E-state index in [0.717, 1.165) is 0 Å². The molecule has 18 heavy (non-hydrogen) atoms. The number of ether oxygens (including phenoxy) is 1. The summed E-state index contributed by atoms with van der Waals surface area (Å²) < 4.78 is 5.17. The Morgan fingerprint density at radius 3 is 3.11 bits per heavy atom. The highest BCUT2D eigenvalue weighted by Gasteiger charge is 2.19. The summed E-state index contributed by atoms with van der Waals surface area (Å²) in [5, 5.41) is 3.47. The molecule has 1 aliphatic heterocycles. The molecule has 1 aromatic carbocycles. The molecule has 3 N–H and O–H groups in total. The van der Waals surface area contributed by atoms with Gasteiger partial charge < -0.3 is 15.8 Å². The Balaban J connectivity index is 2.03. The Hall–Kier alpha value is -1.36. The molecule has 4 nitrogen and oxygen atoms in total. The van der Waals surface area contributed by atoms with E-state index in [1.54, 1.807) is 25.3 Å². The van der Waals surface area contributed by atoms with Crippen molar-refractivity contribution in [2.45, 2.75) is 18.1 Å². The summed E-state index contributed by atoms with van der Waals surface area (Å²) >= 11 is 1.92. The largest absolute Gasteiger partial charge is 0.496 e. The van der Waals surface area contributed by atoms with Crippen LogP contribution in [0.1, 0.15) is 23.2 Å². The topological polar surface area (TPSA) is 64.3 Å². The molecule has 0 spiro atoms.